The smallest absolute Gasteiger partial charge is 0.412 e. The van der Waals surface area contributed by atoms with Gasteiger partial charge in [-0.25, -0.2) is 23.4 Å². The zero-order valence-electron chi connectivity index (χ0n) is 23.9. The van der Waals surface area contributed by atoms with Crippen LogP contribution < -0.4 is 16.0 Å². The fraction of sp³-hybridized carbons (Fsp3) is 0.400. The molecule has 1 saturated heterocycles. The van der Waals surface area contributed by atoms with Crippen molar-refractivity contribution in [2.24, 2.45) is 0 Å². The maximum absolute atomic E-state index is 13.8. The van der Waals surface area contributed by atoms with Crippen LogP contribution >= 0.6 is 11.6 Å². The summed E-state index contributed by atoms with van der Waals surface area (Å²) in [6.07, 6.45) is 2.00. The molecule has 0 aliphatic carbocycles. The van der Waals surface area contributed by atoms with Crippen LogP contribution in [-0.4, -0.2) is 85.2 Å². The molecule has 1 aliphatic rings. The van der Waals surface area contributed by atoms with Crippen molar-refractivity contribution in [1.82, 2.24) is 25.4 Å². The monoisotopic (exact) mass is 616 g/mol. The molecule has 3 N–H and O–H groups in total. The molecule has 13 heteroatoms. The maximum Gasteiger partial charge on any atom is 0.412 e. The molecule has 230 valence electrons. The van der Waals surface area contributed by atoms with E-state index in [4.69, 9.17) is 16.3 Å². The van der Waals surface area contributed by atoms with Crippen LogP contribution in [0.1, 0.15) is 24.8 Å². The van der Waals surface area contributed by atoms with Crippen LogP contribution in [0.25, 0.3) is 10.8 Å². The summed E-state index contributed by atoms with van der Waals surface area (Å²) < 4.78 is 32.9. The number of halogens is 3. The molecule has 1 aromatic heterocycles. The van der Waals surface area contributed by atoms with Crippen LogP contribution in [-0.2, 0) is 16.0 Å². The average Bonchev–Trinajstić information content (AvgIpc) is 3.01. The Morgan fingerprint density at radius 2 is 1.93 bits per heavy atom. The van der Waals surface area contributed by atoms with Crippen LogP contribution in [0.4, 0.5) is 24.2 Å². The van der Waals surface area contributed by atoms with Gasteiger partial charge in [0.05, 0.1) is 11.1 Å². The Bertz CT molecular complexity index is 1440. The first kappa shape index (κ1) is 31.9. The number of carbonyl (C=O) groups is 3. The third kappa shape index (κ3) is 9.23. The molecule has 1 fully saturated rings. The number of nitrogens with zero attached hydrogens (tertiary/aromatic N) is 3. The number of carbonyl (C=O) groups excluding carboxylic acids is 3. The molecule has 0 spiro atoms. The Labute approximate surface area is 253 Å². The number of amides is 4. The molecule has 1 aliphatic heterocycles. The van der Waals surface area contributed by atoms with Gasteiger partial charge in [0.25, 0.3) is 0 Å². The lowest BCUT2D eigenvalue weighted by molar-refractivity contribution is -0.132. The van der Waals surface area contributed by atoms with Crippen molar-refractivity contribution in [3.63, 3.8) is 0 Å². The number of hydrogen-bond donors (Lipinski definition) is 3. The van der Waals surface area contributed by atoms with Gasteiger partial charge in [0, 0.05) is 57.8 Å². The van der Waals surface area contributed by atoms with Crippen molar-refractivity contribution < 1.29 is 27.9 Å². The SMILES string of the molecule is CN(C(=O)CCc1cccc(F)c1Cl)[C@@H](CCCNC(=O)N1CCNCC1)COC(=O)Nc1cc2cc(F)ccc2cn1. The Morgan fingerprint density at radius 1 is 1.14 bits per heavy atom. The first-order chi connectivity index (χ1) is 20.7. The summed E-state index contributed by atoms with van der Waals surface area (Å²) >= 11 is 6.05. The van der Waals surface area contributed by atoms with Gasteiger partial charge in [0.1, 0.15) is 24.1 Å². The Balaban J connectivity index is 1.34. The second-order valence-electron chi connectivity index (χ2n) is 10.3. The largest absolute Gasteiger partial charge is 0.447 e. The first-order valence-electron chi connectivity index (χ1n) is 14.1. The standard InChI is InChI=1S/C30H35ClF2N6O4/c1-38(27(40)10-8-20-4-2-6-25(33)28(20)31)24(5-3-11-35-29(41)39-14-12-34-13-15-39)19-43-30(42)37-26-17-22-16-23(32)9-7-21(22)18-36-26/h2,4,6-7,9,16-18,24,34H,3,5,8,10-15,19H2,1H3,(H,35,41)(H,36,37,42)/t24-/m0/s1. The minimum Gasteiger partial charge on any atom is -0.447 e. The number of pyridine rings is 1. The molecule has 0 radical (unpaired) electrons. The number of ether oxygens (including phenoxy) is 1. The van der Waals surface area contributed by atoms with E-state index >= 15 is 0 Å². The van der Waals surface area contributed by atoms with E-state index in [-0.39, 0.29) is 42.2 Å². The second kappa shape index (κ2) is 15.4. The zero-order chi connectivity index (χ0) is 30.8. The molecular weight excluding hydrogens is 582 g/mol. The zero-order valence-corrected chi connectivity index (χ0v) is 24.6. The summed E-state index contributed by atoms with van der Waals surface area (Å²) in [6, 6.07) is 9.59. The van der Waals surface area contributed by atoms with Gasteiger partial charge < -0.3 is 25.2 Å². The van der Waals surface area contributed by atoms with Crippen LogP contribution in [0.3, 0.4) is 0 Å². The summed E-state index contributed by atoms with van der Waals surface area (Å²) in [5.41, 5.74) is 0.522. The van der Waals surface area contributed by atoms with Crippen molar-refractivity contribution in [2.45, 2.75) is 31.7 Å². The van der Waals surface area contributed by atoms with Crippen LogP contribution in [0.15, 0.2) is 48.7 Å². The molecule has 3 aromatic rings. The summed E-state index contributed by atoms with van der Waals surface area (Å²) in [4.78, 5) is 45.5. The Kier molecular flexibility index (Phi) is 11.5. The number of aryl methyl sites for hydroxylation is 1. The quantitative estimate of drug-likeness (QED) is 0.272. The van der Waals surface area contributed by atoms with Gasteiger partial charge in [0.2, 0.25) is 5.91 Å². The highest BCUT2D eigenvalue weighted by Crippen LogP contribution is 2.22. The second-order valence-corrected chi connectivity index (χ2v) is 10.6. The molecule has 4 amide bonds. The molecule has 0 saturated carbocycles. The fourth-order valence-electron chi connectivity index (χ4n) is 4.76. The third-order valence-electron chi connectivity index (χ3n) is 7.30. The highest BCUT2D eigenvalue weighted by atomic mass is 35.5. The lowest BCUT2D eigenvalue weighted by Gasteiger charge is -2.29. The minimum absolute atomic E-state index is 0.0141. The predicted molar refractivity (Wildman–Crippen MR) is 160 cm³/mol. The number of benzene rings is 2. The predicted octanol–water partition coefficient (Wildman–Crippen LogP) is 4.57. The highest BCUT2D eigenvalue weighted by molar-refractivity contribution is 6.31. The summed E-state index contributed by atoms with van der Waals surface area (Å²) in [5.74, 6) is -1.01. The fourth-order valence-corrected chi connectivity index (χ4v) is 4.98. The number of piperazine rings is 1. The van der Waals surface area contributed by atoms with E-state index in [1.54, 1.807) is 24.1 Å². The molecule has 0 bridgehead atoms. The summed E-state index contributed by atoms with van der Waals surface area (Å²) in [6.45, 7) is 3.01. The van der Waals surface area contributed by atoms with Gasteiger partial charge in [-0.2, -0.15) is 0 Å². The number of urea groups is 1. The van der Waals surface area contributed by atoms with Crippen molar-refractivity contribution in [1.29, 1.82) is 0 Å². The highest BCUT2D eigenvalue weighted by Gasteiger charge is 2.23. The van der Waals surface area contributed by atoms with E-state index in [2.05, 4.69) is 20.9 Å². The first-order valence-corrected chi connectivity index (χ1v) is 14.5. The van der Waals surface area contributed by atoms with Gasteiger partial charge in [-0.15, -0.1) is 0 Å². The van der Waals surface area contributed by atoms with Crippen molar-refractivity contribution in [2.75, 3.05) is 51.7 Å². The molecule has 10 nitrogen and oxygen atoms in total. The van der Waals surface area contributed by atoms with E-state index in [1.165, 1.54) is 41.4 Å². The van der Waals surface area contributed by atoms with Crippen LogP contribution in [0.5, 0.6) is 0 Å². The lowest BCUT2D eigenvalue weighted by Crippen LogP contribution is -2.50. The third-order valence-corrected chi connectivity index (χ3v) is 7.72. The minimum atomic E-state index is -0.785. The average molecular weight is 617 g/mol. The molecule has 4 rings (SSSR count). The normalized spacial score (nSPS) is 13.8. The molecule has 1 atom stereocenters. The number of aromatic nitrogens is 1. The Morgan fingerprint density at radius 3 is 2.72 bits per heavy atom. The van der Waals surface area contributed by atoms with Gasteiger partial charge >= 0.3 is 12.1 Å². The Hall–Kier alpha value is -4.03. The van der Waals surface area contributed by atoms with Crippen molar-refractivity contribution in [3.05, 3.63) is 70.9 Å². The number of likely N-dealkylation sites (N-methyl/N-ethyl adjacent to an activating group) is 1. The maximum atomic E-state index is 13.8. The number of hydrogen-bond acceptors (Lipinski definition) is 6. The number of nitrogens with one attached hydrogen (secondary N) is 3. The molecular formula is C30H35ClF2N6O4. The number of anilines is 1. The van der Waals surface area contributed by atoms with Gasteiger partial charge in [-0.05, 0) is 60.5 Å². The molecule has 2 aromatic carbocycles. The lowest BCUT2D eigenvalue weighted by atomic mass is 10.1. The van der Waals surface area contributed by atoms with Gasteiger partial charge in [-0.3, -0.25) is 10.1 Å². The van der Waals surface area contributed by atoms with Crippen LogP contribution in [0.2, 0.25) is 5.02 Å². The molecule has 43 heavy (non-hydrogen) atoms. The van der Waals surface area contributed by atoms with E-state index in [1.807, 2.05) is 0 Å². The summed E-state index contributed by atoms with van der Waals surface area (Å²) in [7, 11) is 1.61. The van der Waals surface area contributed by atoms with E-state index in [0.717, 1.165) is 13.1 Å². The van der Waals surface area contributed by atoms with E-state index < -0.39 is 23.8 Å². The van der Waals surface area contributed by atoms with Crippen molar-refractivity contribution >= 4 is 46.2 Å². The van der Waals surface area contributed by atoms with Gasteiger partial charge in [0.15, 0.2) is 0 Å². The topological polar surface area (TPSA) is 116 Å². The number of fused-ring (bicyclic) bond motifs is 1. The van der Waals surface area contributed by atoms with Gasteiger partial charge in [-0.1, -0.05) is 23.7 Å². The molecule has 2 heterocycles. The van der Waals surface area contributed by atoms with Crippen LogP contribution in [0, 0.1) is 11.6 Å². The van der Waals surface area contributed by atoms with Crippen molar-refractivity contribution in [3.8, 4) is 0 Å². The summed E-state index contributed by atoms with van der Waals surface area (Å²) in [5, 5.41) is 9.90. The number of rotatable bonds is 11. The van der Waals surface area contributed by atoms with E-state index in [0.29, 0.717) is 48.8 Å². The van der Waals surface area contributed by atoms with E-state index in [9.17, 15) is 23.2 Å². The molecule has 0 unspecified atom stereocenters.